The normalized spacial score (nSPS) is 11.7. The molecule has 0 spiro atoms. The van der Waals surface area contributed by atoms with E-state index in [-0.39, 0.29) is 30.4 Å². The van der Waals surface area contributed by atoms with Gasteiger partial charge in [-0.25, -0.2) is 0 Å². The summed E-state index contributed by atoms with van der Waals surface area (Å²) in [6.45, 7) is 0.502. The van der Waals surface area contributed by atoms with Crippen LogP contribution in [0, 0.1) is 0 Å². The first-order chi connectivity index (χ1) is 12.6. The van der Waals surface area contributed by atoms with Crippen molar-refractivity contribution in [2.24, 2.45) is 0 Å². The van der Waals surface area contributed by atoms with Crippen molar-refractivity contribution in [2.45, 2.75) is 12.6 Å². The Balaban J connectivity index is 1.57. The fourth-order valence-corrected chi connectivity index (χ4v) is 2.40. The van der Waals surface area contributed by atoms with Crippen molar-refractivity contribution < 1.29 is 19.4 Å². The Kier molecular flexibility index (Phi) is 5.50. The second kappa shape index (κ2) is 8.17. The van der Waals surface area contributed by atoms with Crippen molar-refractivity contribution in [3.05, 3.63) is 78.0 Å². The maximum absolute atomic E-state index is 12.2. The molecule has 3 aromatic rings. The van der Waals surface area contributed by atoms with Crippen LogP contribution in [0.3, 0.4) is 0 Å². The van der Waals surface area contributed by atoms with Crippen LogP contribution in [0.25, 0.3) is 0 Å². The van der Waals surface area contributed by atoms with E-state index in [1.807, 2.05) is 0 Å². The van der Waals surface area contributed by atoms with Gasteiger partial charge in [0, 0.05) is 18.4 Å². The van der Waals surface area contributed by atoms with Crippen molar-refractivity contribution in [2.75, 3.05) is 11.9 Å². The molecule has 0 aliphatic heterocycles. The van der Waals surface area contributed by atoms with E-state index in [1.54, 1.807) is 48.7 Å². The third kappa shape index (κ3) is 4.61. The Morgan fingerprint density at radius 2 is 2.08 bits per heavy atom. The first-order valence-electron chi connectivity index (χ1n) is 8.09. The zero-order valence-electron chi connectivity index (χ0n) is 13.9. The van der Waals surface area contributed by atoms with Gasteiger partial charge < -0.3 is 25.3 Å². The number of pyridine rings is 1. The van der Waals surface area contributed by atoms with Gasteiger partial charge in [0.1, 0.15) is 17.2 Å². The van der Waals surface area contributed by atoms with Gasteiger partial charge in [-0.2, -0.15) is 0 Å². The number of carbonyl (C=O) groups is 1. The van der Waals surface area contributed by atoms with E-state index in [0.717, 1.165) is 0 Å². The number of aliphatic hydroxyl groups excluding tert-OH is 1. The summed E-state index contributed by atoms with van der Waals surface area (Å²) in [5.41, 5.74) is 1.51. The number of carbonyl (C=O) groups excluding carboxylic acids is 1. The summed E-state index contributed by atoms with van der Waals surface area (Å²) in [5, 5.41) is 25.5. The van der Waals surface area contributed by atoms with Gasteiger partial charge in [-0.15, -0.1) is 0 Å². The van der Waals surface area contributed by atoms with E-state index >= 15 is 0 Å². The van der Waals surface area contributed by atoms with Crippen LogP contribution in [0.2, 0.25) is 0 Å². The number of aliphatic hydroxyl groups is 1. The first kappa shape index (κ1) is 17.5. The van der Waals surface area contributed by atoms with Crippen molar-refractivity contribution in [1.29, 1.82) is 0 Å². The lowest BCUT2D eigenvalue weighted by Crippen LogP contribution is -2.23. The van der Waals surface area contributed by atoms with E-state index in [1.165, 1.54) is 12.3 Å². The summed E-state index contributed by atoms with van der Waals surface area (Å²) in [6.07, 6.45) is 2.26. The molecule has 1 unspecified atom stereocenters. The number of anilines is 1. The fraction of sp³-hybridized carbons (Fsp3) is 0.158. The van der Waals surface area contributed by atoms with Gasteiger partial charge in [0.25, 0.3) is 5.91 Å². The van der Waals surface area contributed by atoms with Crippen molar-refractivity contribution in [3.63, 3.8) is 0 Å². The lowest BCUT2D eigenvalue weighted by atomic mass is 10.1. The maximum Gasteiger partial charge on any atom is 0.270 e. The Bertz CT molecular complexity index is 865. The number of furan rings is 1. The third-order valence-corrected chi connectivity index (χ3v) is 3.75. The van der Waals surface area contributed by atoms with Gasteiger partial charge in [-0.05, 0) is 42.0 Å². The molecule has 7 heteroatoms. The molecule has 134 valence electrons. The zero-order chi connectivity index (χ0) is 18.4. The zero-order valence-corrected chi connectivity index (χ0v) is 13.9. The average Bonchev–Trinajstić information content (AvgIpc) is 3.18. The van der Waals surface area contributed by atoms with Crippen LogP contribution in [-0.2, 0) is 6.54 Å². The van der Waals surface area contributed by atoms with Gasteiger partial charge in [0.15, 0.2) is 0 Å². The summed E-state index contributed by atoms with van der Waals surface area (Å²) >= 11 is 0. The van der Waals surface area contributed by atoms with Crippen LogP contribution in [0.5, 0.6) is 5.75 Å². The smallest absolute Gasteiger partial charge is 0.270 e. The molecule has 2 heterocycles. The molecule has 1 amide bonds. The van der Waals surface area contributed by atoms with Gasteiger partial charge >= 0.3 is 0 Å². The predicted octanol–water partition coefficient (Wildman–Crippen LogP) is 2.46. The second-order valence-electron chi connectivity index (χ2n) is 5.68. The van der Waals surface area contributed by atoms with Crippen LogP contribution in [0.4, 0.5) is 5.69 Å². The van der Waals surface area contributed by atoms with Crippen LogP contribution in [-0.4, -0.2) is 27.6 Å². The molecule has 0 saturated carbocycles. The van der Waals surface area contributed by atoms with Gasteiger partial charge in [0.2, 0.25) is 0 Å². The fourth-order valence-electron chi connectivity index (χ4n) is 2.40. The van der Waals surface area contributed by atoms with Crippen LogP contribution < -0.4 is 10.6 Å². The molecule has 0 aliphatic rings. The summed E-state index contributed by atoms with van der Waals surface area (Å²) in [4.78, 5) is 16.2. The molecule has 0 radical (unpaired) electrons. The number of aromatic hydroxyl groups is 1. The number of aromatic nitrogens is 1. The van der Waals surface area contributed by atoms with E-state index in [2.05, 4.69) is 15.6 Å². The molecule has 0 fully saturated rings. The Morgan fingerprint density at radius 1 is 1.19 bits per heavy atom. The molecule has 1 atom stereocenters. The van der Waals surface area contributed by atoms with Crippen molar-refractivity contribution in [1.82, 2.24) is 10.3 Å². The van der Waals surface area contributed by atoms with Crippen molar-refractivity contribution >= 4 is 11.6 Å². The molecule has 0 saturated heterocycles. The Morgan fingerprint density at radius 3 is 2.85 bits per heavy atom. The minimum absolute atomic E-state index is 0.0981. The van der Waals surface area contributed by atoms with Gasteiger partial charge in [0.05, 0.1) is 18.9 Å². The highest BCUT2D eigenvalue weighted by molar-refractivity contribution is 5.93. The molecule has 4 N–H and O–H groups in total. The Hall–Kier alpha value is -3.32. The van der Waals surface area contributed by atoms with E-state index < -0.39 is 6.10 Å². The number of phenolic OH excluding ortho intramolecular Hbond substituents is 1. The number of phenols is 1. The first-order valence-corrected chi connectivity index (χ1v) is 8.09. The SMILES string of the molecule is O=C(NCc1ccco1)c1cc(NCC(O)c2cccc(O)c2)ccn1. The van der Waals surface area contributed by atoms with Crippen LogP contribution in [0.1, 0.15) is 27.9 Å². The molecule has 7 nitrogen and oxygen atoms in total. The topological polar surface area (TPSA) is 108 Å². The Labute approximate surface area is 150 Å². The number of nitrogens with zero attached hydrogens (tertiary/aromatic N) is 1. The molecule has 26 heavy (non-hydrogen) atoms. The highest BCUT2D eigenvalue weighted by Gasteiger charge is 2.11. The van der Waals surface area contributed by atoms with Gasteiger partial charge in [-0.1, -0.05) is 12.1 Å². The number of rotatable bonds is 7. The maximum atomic E-state index is 12.2. The highest BCUT2D eigenvalue weighted by atomic mass is 16.3. The van der Waals surface area contributed by atoms with Crippen LogP contribution >= 0.6 is 0 Å². The quantitative estimate of drug-likeness (QED) is 0.520. The number of amides is 1. The molecule has 2 aromatic heterocycles. The number of hydrogen-bond acceptors (Lipinski definition) is 6. The standard InChI is InChI=1S/C19H19N3O4/c23-15-4-1-3-13(9-15)18(24)12-21-14-6-7-20-17(10-14)19(25)22-11-16-5-2-8-26-16/h1-10,18,23-24H,11-12H2,(H,20,21)(H,22,25). The summed E-state index contributed by atoms with van der Waals surface area (Å²) in [6, 6.07) is 13.3. The number of hydrogen-bond donors (Lipinski definition) is 4. The molecule has 0 aliphatic carbocycles. The van der Waals surface area contributed by atoms with Crippen molar-refractivity contribution in [3.8, 4) is 5.75 Å². The minimum atomic E-state index is -0.800. The second-order valence-corrected chi connectivity index (χ2v) is 5.68. The molecule has 0 bridgehead atoms. The molecule has 3 rings (SSSR count). The summed E-state index contributed by atoms with van der Waals surface area (Å²) in [7, 11) is 0. The molecular weight excluding hydrogens is 334 g/mol. The van der Waals surface area contributed by atoms with E-state index in [0.29, 0.717) is 17.0 Å². The van der Waals surface area contributed by atoms with E-state index in [4.69, 9.17) is 4.42 Å². The highest BCUT2D eigenvalue weighted by Crippen LogP contribution is 2.19. The lowest BCUT2D eigenvalue weighted by Gasteiger charge is -2.14. The monoisotopic (exact) mass is 353 g/mol. The predicted molar refractivity (Wildman–Crippen MR) is 95.7 cm³/mol. The van der Waals surface area contributed by atoms with Crippen LogP contribution in [0.15, 0.2) is 65.4 Å². The lowest BCUT2D eigenvalue weighted by molar-refractivity contribution is 0.0943. The van der Waals surface area contributed by atoms with Gasteiger partial charge in [-0.3, -0.25) is 9.78 Å². The third-order valence-electron chi connectivity index (χ3n) is 3.75. The number of benzene rings is 1. The largest absolute Gasteiger partial charge is 0.508 e. The summed E-state index contributed by atoms with van der Waals surface area (Å²) in [5.74, 6) is 0.432. The number of nitrogens with one attached hydrogen (secondary N) is 2. The molecular formula is C19H19N3O4. The average molecular weight is 353 g/mol. The molecule has 1 aromatic carbocycles. The van der Waals surface area contributed by atoms with E-state index in [9.17, 15) is 15.0 Å². The minimum Gasteiger partial charge on any atom is -0.508 e. The summed E-state index contributed by atoms with van der Waals surface area (Å²) < 4.78 is 5.17.